The van der Waals surface area contributed by atoms with E-state index in [1.54, 1.807) is 43.9 Å². The molecule has 0 saturated carbocycles. The number of Topliss-reactive ketones (excluding diaryl/α,β-unsaturated/α-hetero) is 1. The van der Waals surface area contributed by atoms with Crippen LogP contribution in [0.4, 0.5) is 4.79 Å². The lowest BCUT2D eigenvalue weighted by Crippen LogP contribution is -2.38. The van der Waals surface area contributed by atoms with Gasteiger partial charge < -0.3 is 25.2 Å². The van der Waals surface area contributed by atoms with E-state index in [0.29, 0.717) is 39.1 Å². The number of amides is 3. The van der Waals surface area contributed by atoms with Crippen LogP contribution in [0, 0.1) is 5.92 Å². The van der Waals surface area contributed by atoms with E-state index < -0.39 is 0 Å². The number of nitrogens with one attached hydrogen (secondary N) is 2. The fourth-order valence-corrected chi connectivity index (χ4v) is 3.57. The molecule has 2 N–H and O–H groups in total. The number of benzene rings is 1. The molecule has 1 atom stereocenters. The van der Waals surface area contributed by atoms with Crippen LogP contribution >= 0.6 is 0 Å². The van der Waals surface area contributed by atoms with Gasteiger partial charge >= 0.3 is 6.03 Å². The van der Waals surface area contributed by atoms with Crippen LogP contribution in [0.25, 0.3) is 0 Å². The van der Waals surface area contributed by atoms with Gasteiger partial charge in [-0.25, -0.2) is 4.79 Å². The van der Waals surface area contributed by atoms with Crippen molar-refractivity contribution in [2.45, 2.75) is 59.4 Å². The molecule has 0 aliphatic heterocycles. The zero-order valence-corrected chi connectivity index (χ0v) is 24.0. The van der Waals surface area contributed by atoms with E-state index in [9.17, 15) is 19.2 Å². The lowest BCUT2D eigenvalue weighted by molar-refractivity contribution is -0.135. The normalized spacial score (nSPS) is 12.0. The Labute approximate surface area is 228 Å². The van der Waals surface area contributed by atoms with Crippen molar-refractivity contribution in [1.82, 2.24) is 20.4 Å². The van der Waals surface area contributed by atoms with Crippen molar-refractivity contribution < 1.29 is 23.9 Å². The van der Waals surface area contributed by atoms with Gasteiger partial charge in [-0.1, -0.05) is 37.6 Å². The number of allylic oxidation sites excluding steroid dienone is 2. The molecule has 0 bridgehead atoms. The molecule has 38 heavy (non-hydrogen) atoms. The van der Waals surface area contributed by atoms with E-state index in [1.165, 1.54) is 0 Å². The number of rotatable bonds is 18. The number of carbonyl (C=O) groups excluding carboxylic acids is 4. The van der Waals surface area contributed by atoms with Gasteiger partial charge in [0.15, 0.2) is 5.78 Å². The fourth-order valence-electron chi connectivity index (χ4n) is 3.57. The van der Waals surface area contributed by atoms with Crippen LogP contribution in [0.15, 0.2) is 36.0 Å². The monoisotopic (exact) mass is 530 g/mol. The summed E-state index contributed by atoms with van der Waals surface area (Å²) in [6.07, 6.45) is 5.14. The summed E-state index contributed by atoms with van der Waals surface area (Å²) in [6.45, 7) is 7.30. The van der Waals surface area contributed by atoms with Gasteiger partial charge in [0.2, 0.25) is 5.91 Å². The topological polar surface area (TPSA) is 108 Å². The standard InChI is InChI=1S/C29H46N4O5/c1-22(24(3)34)10-7-8-15-31-29(37)32(5)16-9-17-38-21-28(36)33(6)20-26-13-11-25(12-14-26)19-27(35)18-23(2)30-4/h11-14,18,22,30H,7-10,15-17,19-21H2,1-6H3,(H,31,37)/b23-18-. The molecule has 0 radical (unpaired) electrons. The summed E-state index contributed by atoms with van der Waals surface area (Å²) in [5, 5.41) is 5.82. The molecular weight excluding hydrogens is 484 g/mol. The number of hydrogen-bond donors (Lipinski definition) is 2. The van der Waals surface area contributed by atoms with Crippen molar-refractivity contribution in [1.29, 1.82) is 0 Å². The number of nitrogens with zero attached hydrogens (tertiary/aromatic N) is 2. The predicted molar refractivity (Wildman–Crippen MR) is 150 cm³/mol. The number of unbranched alkanes of at least 4 members (excludes halogenated alkanes) is 1. The van der Waals surface area contributed by atoms with E-state index in [2.05, 4.69) is 10.6 Å². The minimum Gasteiger partial charge on any atom is -0.392 e. The summed E-state index contributed by atoms with van der Waals surface area (Å²) < 4.78 is 5.52. The lowest BCUT2D eigenvalue weighted by Gasteiger charge is -2.19. The first-order chi connectivity index (χ1) is 18.0. The Morgan fingerprint density at radius 1 is 0.974 bits per heavy atom. The van der Waals surface area contributed by atoms with E-state index in [1.807, 2.05) is 38.1 Å². The highest BCUT2D eigenvalue weighted by molar-refractivity contribution is 5.91. The minimum atomic E-state index is -0.139. The molecule has 0 saturated heterocycles. The maximum atomic E-state index is 12.4. The number of urea groups is 1. The molecule has 1 rings (SSSR count). The molecule has 0 aliphatic carbocycles. The van der Waals surface area contributed by atoms with Gasteiger partial charge in [0.1, 0.15) is 12.4 Å². The molecular formula is C29H46N4O5. The molecule has 0 heterocycles. The SMILES string of the molecule is CN/C(C)=C\C(=O)Cc1ccc(CN(C)C(=O)COCCCN(C)C(=O)NCCCCC(C)C(C)=O)cc1. The Kier molecular flexibility index (Phi) is 15.7. The van der Waals surface area contributed by atoms with Crippen molar-refractivity contribution in [3.63, 3.8) is 0 Å². The third-order valence-corrected chi connectivity index (χ3v) is 6.41. The molecule has 0 fully saturated rings. The van der Waals surface area contributed by atoms with E-state index >= 15 is 0 Å². The van der Waals surface area contributed by atoms with E-state index in [-0.39, 0.29) is 36.0 Å². The van der Waals surface area contributed by atoms with Crippen LogP contribution in [-0.4, -0.2) is 80.8 Å². The Morgan fingerprint density at radius 3 is 2.26 bits per heavy atom. The van der Waals surface area contributed by atoms with Crippen LogP contribution in [-0.2, 0) is 32.1 Å². The first kappa shape index (κ1) is 32.8. The van der Waals surface area contributed by atoms with Gasteiger partial charge in [0, 0.05) is 71.5 Å². The molecule has 9 nitrogen and oxygen atoms in total. The molecule has 212 valence electrons. The van der Waals surface area contributed by atoms with Crippen LogP contribution in [0.3, 0.4) is 0 Å². The molecule has 0 aromatic heterocycles. The van der Waals surface area contributed by atoms with Gasteiger partial charge in [0.05, 0.1) is 0 Å². The number of hydrogen-bond acceptors (Lipinski definition) is 6. The Morgan fingerprint density at radius 2 is 1.63 bits per heavy atom. The van der Waals surface area contributed by atoms with Crippen molar-refractivity contribution in [2.24, 2.45) is 5.92 Å². The van der Waals surface area contributed by atoms with Crippen molar-refractivity contribution >= 4 is 23.5 Å². The second-order valence-corrected chi connectivity index (χ2v) is 9.85. The lowest BCUT2D eigenvalue weighted by atomic mass is 10.0. The number of likely N-dealkylation sites (N-methyl/N-ethyl adjacent to an activating group) is 1. The largest absolute Gasteiger partial charge is 0.392 e. The van der Waals surface area contributed by atoms with Crippen molar-refractivity contribution in [3.8, 4) is 0 Å². The molecule has 9 heteroatoms. The van der Waals surface area contributed by atoms with E-state index in [0.717, 1.165) is 36.1 Å². The van der Waals surface area contributed by atoms with Crippen molar-refractivity contribution in [3.05, 3.63) is 47.2 Å². The van der Waals surface area contributed by atoms with Crippen LogP contribution < -0.4 is 10.6 Å². The highest BCUT2D eigenvalue weighted by Gasteiger charge is 2.12. The highest BCUT2D eigenvalue weighted by atomic mass is 16.5. The third kappa shape index (κ3) is 13.9. The van der Waals surface area contributed by atoms with Crippen molar-refractivity contribution in [2.75, 3.05) is 47.4 Å². The zero-order valence-electron chi connectivity index (χ0n) is 24.0. The van der Waals surface area contributed by atoms with Crippen LogP contribution in [0.5, 0.6) is 0 Å². The predicted octanol–water partition coefficient (Wildman–Crippen LogP) is 3.32. The molecule has 1 unspecified atom stereocenters. The number of carbonyl (C=O) groups is 4. The smallest absolute Gasteiger partial charge is 0.317 e. The maximum Gasteiger partial charge on any atom is 0.317 e. The summed E-state index contributed by atoms with van der Waals surface area (Å²) >= 11 is 0. The van der Waals surface area contributed by atoms with Gasteiger partial charge in [-0.15, -0.1) is 0 Å². The highest BCUT2D eigenvalue weighted by Crippen LogP contribution is 2.10. The second-order valence-electron chi connectivity index (χ2n) is 9.85. The van der Waals surface area contributed by atoms with Gasteiger partial charge in [-0.3, -0.25) is 14.4 Å². The number of ketones is 2. The average molecular weight is 531 g/mol. The first-order valence-corrected chi connectivity index (χ1v) is 13.3. The Hall–Kier alpha value is -3.20. The Bertz CT molecular complexity index is 929. The number of ether oxygens (including phenoxy) is 1. The molecule has 0 spiro atoms. The molecule has 1 aromatic carbocycles. The zero-order chi connectivity index (χ0) is 28.5. The maximum absolute atomic E-state index is 12.4. The molecule has 1 aromatic rings. The molecule has 0 aliphatic rings. The second kappa shape index (κ2) is 18.1. The van der Waals surface area contributed by atoms with Crippen LogP contribution in [0.1, 0.15) is 57.6 Å². The average Bonchev–Trinajstić information content (AvgIpc) is 2.88. The summed E-state index contributed by atoms with van der Waals surface area (Å²) in [7, 11) is 5.24. The molecule has 3 amide bonds. The Balaban J connectivity index is 2.22. The van der Waals surface area contributed by atoms with Crippen LogP contribution in [0.2, 0.25) is 0 Å². The third-order valence-electron chi connectivity index (χ3n) is 6.41. The summed E-state index contributed by atoms with van der Waals surface area (Å²) in [4.78, 5) is 51.0. The minimum absolute atomic E-state index is 0.0190. The summed E-state index contributed by atoms with van der Waals surface area (Å²) in [5.74, 6) is 0.189. The van der Waals surface area contributed by atoms with Gasteiger partial charge in [0.25, 0.3) is 0 Å². The first-order valence-electron chi connectivity index (χ1n) is 13.3. The van der Waals surface area contributed by atoms with E-state index in [4.69, 9.17) is 4.74 Å². The summed E-state index contributed by atoms with van der Waals surface area (Å²) in [6, 6.07) is 7.53. The fraction of sp³-hybridized carbons (Fsp3) is 0.586. The quantitative estimate of drug-likeness (QED) is 0.223. The van der Waals surface area contributed by atoms with Gasteiger partial charge in [-0.05, 0) is 44.2 Å². The summed E-state index contributed by atoms with van der Waals surface area (Å²) in [5.41, 5.74) is 2.72. The van der Waals surface area contributed by atoms with Gasteiger partial charge in [-0.2, -0.15) is 0 Å².